The fourth-order valence-electron chi connectivity index (χ4n) is 2.87. The molecular weight excluding hydrogens is 258 g/mol. The van der Waals surface area contributed by atoms with E-state index in [4.69, 9.17) is 0 Å². The maximum Gasteiger partial charge on any atom is 0.191 e. The Balaban J connectivity index is 1.69. The lowest BCUT2D eigenvalue weighted by atomic mass is 9.85. The molecule has 1 atom stereocenters. The number of thioether (sulfide) groups is 1. The molecule has 1 saturated heterocycles. The zero-order valence-corrected chi connectivity index (χ0v) is 12.8. The lowest BCUT2D eigenvalue weighted by molar-refractivity contribution is 0.00860. The molecule has 2 rings (SSSR count). The summed E-state index contributed by atoms with van der Waals surface area (Å²) in [5, 5.41) is 17.8. The van der Waals surface area contributed by atoms with E-state index in [-0.39, 0.29) is 0 Å². The SMILES string of the molecule is CN=C(NCC1CCCS1)NCC1(O)CCCCC1. The number of hydrogen-bond donors (Lipinski definition) is 3. The van der Waals surface area contributed by atoms with Crippen LogP contribution in [0.25, 0.3) is 0 Å². The Labute approximate surface area is 120 Å². The van der Waals surface area contributed by atoms with Gasteiger partial charge in [-0.1, -0.05) is 19.3 Å². The van der Waals surface area contributed by atoms with Gasteiger partial charge >= 0.3 is 0 Å². The first kappa shape index (κ1) is 15.0. The summed E-state index contributed by atoms with van der Waals surface area (Å²) in [6.45, 7) is 1.59. The van der Waals surface area contributed by atoms with Gasteiger partial charge in [0.1, 0.15) is 0 Å². The molecule has 0 amide bonds. The van der Waals surface area contributed by atoms with E-state index in [0.29, 0.717) is 6.54 Å². The number of aliphatic imine (C=N–C) groups is 1. The summed E-state index contributed by atoms with van der Waals surface area (Å²) < 4.78 is 0. The molecule has 1 saturated carbocycles. The molecule has 3 N–H and O–H groups in total. The van der Waals surface area contributed by atoms with Crippen LogP contribution in [0.2, 0.25) is 0 Å². The quantitative estimate of drug-likeness (QED) is 0.544. The average molecular weight is 285 g/mol. The van der Waals surface area contributed by atoms with Crippen molar-refractivity contribution in [3.05, 3.63) is 0 Å². The standard InChI is InChI=1S/C14H27N3OS/c1-15-13(16-10-12-6-5-9-19-12)17-11-14(18)7-3-2-4-8-14/h12,18H,2-11H2,1H3,(H2,15,16,17). The monoisotopic (exact) mass is 285 g/mol. The summed E-state index contributed by atoms with van der Waals surface area (Å²) in [5.41, 5.74) is -0.530. The van der Waals surface area contributed by atoms with Crippen molar-refractivity contribution in [1.82, 2.24) is 10.6 Å². The van der Waals surface area contributed by atoms with E-state index < -0.39 is 5.60 Å². The first-order valence-corrected chi connectivity index (χ1v) is 8.55. The van der Waals surface area contributed by atoms with E-state index in [0.717, 1.165) is 43.4 Å². The molecule has 110 valence electrons. The molecule has 0 radical (unpaired) electrons. The molecular formula is C14H27N3OS. The predicted octanol–water partition coefficient (Wildman–Crippen LogP) is 1.74. The van der Waals surface area contributed by atoms with Crippen LogP contribution in [-0.2, 0) is 0 Å². The summed E-state index contributed by atoms with van der Waals surface area (Å²) in [4.78, 5) is 4.24. The van der Waals surface area contributed by atoms with Crippen molar-refractivity contribution in [3.63, 3.8) is 0 Å². The van der Waals surface area contributed by atoms with Gasteiger partial charge in [-0.3, -0.25) is 4.99 Å². The van der Waals surface area contributed by atoms with Crippen LogP contribution in [0.15, 0.2) is 4.99 Å². The summed E-state index contributed by atoms with van der Waals surface area (Å²) in [5.74, 6) is 2.12. The maximum atomic E-state index is 10.4. The predicted molar refractivity (Wildman–Crippen MR) is 82.9 cm³/mol. The highest BCUT2D eigenvalue weighted by molar-refractivity contribution is 8.00. The number of rotatable bonds is 4. The van der Waals surface area contributed by atoms with Crippen molar-refractivity contribution in [2.75, 3.05) is 25.9 Å². The Bertz CT molecular complexity index is 297. The van der Waals surface area contributed by atoms with Crippen LogP contribution in [-0.4, -0.2) is 47.8 Å². The highest BCUT2D eigenvalue weighted by Gasteiger charge is 2.29. The van der Waals surface area contributed by atoms with Crippen LogP contribution in [0.4, 0.5) is 0 Å². The van der Waals surface area contributed by atoms with Gasteiger partial charge in [0.2, 0.25) is 0 Å². The van der Waals surface area contributed by atoms with Crippen LogP contribution >= 0.6 is 11.8 Å². The molecule has 2 aliphatic rings. The Kier molecular flexibility index (Phi) is 5.82. The fourth-order valence-corrected chi connectivity index (χ4v) is 4.07. The highest BCUT2D eigenvalue weighted by atomic mass is 32.2. The molecule has 5 heteroatoms. The van der Waals surface area contributed by atoms with Gasteiger partial charge in [0.05, 0.1) is 5.60 Å². The molecule has 1 unspecified atom stereocenters. The van der Waals surface area contributed by atoms with Crippen molar-refractivity contribution in [3.8, 4) is 0 Å². The molecule has 0 aromatic carbocycles. The van der Waals surface area contributed by atoms with Gasteiger partial charge in [-0.15, -0.1) is 0 Å². The van der Waals surface area contributed by atoms with Crippen LogP contribution in [0.3, 0.4) is 0 Å². The first-order chi connectivity index (χ1) is 9.22. The lowest BCUT2D eigenvalue weighted by Gasteiger charge is -2.32. The normalized spacial score (nSPS) is 27.3. The van der Waals surface area contributed by atoms with E-state index in [1.165, 1.54) is 25.0 Å². The Morgan fingerprint density at radius 3 is 2.68 bits per heavy atom. The van der Waals surface area contributed by atoms with Gasteiger partial charge in [-0.2, -0.15) is 11.8 Å². The van der Waals surface area contributed by atoms with Crippen LogP contribution in [0.5, 0.6) is 0 Å². The van der Waals surface area contributed by atoms with Gasteiger partial charge in [0.25, 0.3) is 0 Å². The lowest BCUT2D eigenvalue weighted by Crippen LogP contribution is -2.48. The Morgan fingerprint density at radius 1 is 1.26 bits per heavy atom. The second-order valence-corrected chi connectivity index (χ2v) is 7.13. The molecule has 1 aliphatic carbocycles. The molecule has 0 aromatic heterocycles. The summed E-state index contributed by atoms with van der Waals surface area (Å²) in [6, 6.07) is 0. The van der Waals surface area contributed by atoms with E-state index >= 15 is 0 Å². The number of guanidine groups is 1. The van der Waals surface area contributed by atoms with Crippen molar-refractivity contribution in [2.24, 2.45) is 4.99 Å². The number of nitrogens with one attached hydrogen (secondary N) is 2. The molecule has 0 bridgehead atoms. The average Bonchev–Trinajstić information content (AvgIpc) is 2.93. The molecule has 1 heterocycles. The van der Waals surface area contributed by atoms with E-state index in [2.05, 4.69) is 15.6 Å². The van der Waals surface area contributed by atoms with Crippen molar-refractivity contribution >= 4 is 17.7 Å². The van der Waals surface area contributed by atoms with E-state index in [9.17, 15) is 5.11 Å². The molecule has 0 aromatic rings. The van der Waals surface area contributed by atoms with Crippen LogP contribution in [0.1, 0.15) is 44.9 Å². The third-order valence-corrected chi connectivity index (χ3v) is 5.51. The minimum absolute atomic E-state index is 0.530. The van der Waals surface area contributed by atoms with Gasteiger partial charge in [-0.05, 0) is 31.4 Å². The van der Waals surface area contributed by atoms with Crippen molar-refractivity contribution in [2.45, 2.75) is 55.8 Å². The third-order valence-electron chi connectivity index (χ3n) is 4.11. The van der Waals surface area contributed by atoms with Crippen molar-refractivity contribution in [1.29, 1.82) is 0 Å². The number of aliphatic hydroxyl groups is 1. The number of nitrogens with zero attached hydrogens (tertiary/aromatic N) is 1. The van der Waals surface area contributed by atoms with Gasteiger partial charge < -0.3 is 15.7 Å². The smallest absolute Gasteiger partial charge is 0.191 e. The van der Waals surface area contributed by atoms with Crippen molar-refractivity contribution < 1.29 is 5.11 Å². The fraction of sp³-hybridized carbons (Fsp3) is 0.929. The molecule has 1 aliphatic heterocycles. The zero-order chi connectivity index (χ0) is 13.6. The summed E-state index contributed by atoms with van der Waals surface area (Å²) in [7, 11) is 1.79. The second-order valence-electron chi connectivity index (χ2n) is 5.73. The molecule has 2 fully saturated rings. The topological polar surface area (TPSA) is 56.7 Å². The Hall–Kier alpha value is -0.420. The van der Waals surface area contributed by atoms with E-state index in [1.807, 2.05) is 11.8 Å². The molecule has 19 heavy (non-hydrogen) atoms. The van der Waals surface area contributed by atoms with Crippen LogP contribution < -0.4 is 10.6 Å². The largest absolute Gasteiger partial charge is 0.388 e. The first-order valence-electron chi connectivity index (χ1n) is 7.50. The highest BCUT2D eigenvalue weighted by Crippen LogP contribution is 2.27. The second kappa shape index (κ2) is 7.39. The van der Waals surface area contributed by atoms with E-state index in [1.54, 1.807) is 7.05 Å². The number of hydrogen-bond acceptors (Lipinski definition) is 3. The Morgan fingerprint density at radius 2 is 2.05 bits per heavy atom. The van der Waals surface area contributed by atoms with Crippen LogP contribution in [0, 0.1) is 0 Å². The van der Waals surface area contributed by atoms with Gasteiger partial charge in [0, 0.05) is 25.4 Å². The maximum absolute atomic E-state index is 10.4. The molecule has 4 nitrogen and oxygen atoms in total. The third kappa shape index (κ3) is 4.88. The zero-order valence-electron chi connectivity index (χ0n) is 12.0. The summed E-state index contributed by atoms with van der Waals surface area (Å²) >= 11 is 2.05. The van der Waals surface area contributed by atoms with Gasteiger partial charge in [0.15, 0.2) is 5.96 Å². The molecule has 0 spiro atoms. The summed E-state index contributed by atoms with van der Waals surface area (Å²) in [6.07, 6.45) is 8.01. The van der Waals surface area contributed by atoms with Gasteiger partial charge in [-0.25, -0.2) is 0 Å². The minimum atomic E-state index is -0.530. The minimum Gasteiger partial charge on any atom is -0.388 e.